The van der Waals surface area contributed by atoms with E-state index in [1.807, 2.05) is 0 Å². The molecule has 0 spiro atoms. The van der Waals surface area contributed by atoms with Gasteiger partial charge in [0.05, 0.1) is 28.1 Å². The van der Waals surface area contributed by atoms with Crippen LogP contribution in [0.1, 0.15) is 16.8 Å². The number of para-hydroxylation sites is 1. The monoisotopic (exact) mass is 429 g/mol. The second-order valence-corrected chi connectivity index (χ2v) is 6.68. The van der Waals surface area contributed by atoms with Crippen LogP contribution in [0.5, 0.6) is 5.75 Å². The third kappa shape index (κ3) is 4.54. The summed E-state index contributed by atoms with van der Waals surface area (Å²) in [4.78, 5) is 29.3. The number of hydrogen-bond acceptors (Lipinski definition) is 4. The molecule has 0 bridgehead atoms. The number of urea groups is 1. The first-order valence-corrected chi connectivity index (χ1v) is 8.79. The normalized spacial score (nSPS) is 15.9. The molecule has 0 aromatic heterocycles. The van der Waals surface area contributed by atoms with Gasteiger partial charge in [0, 0.05) is 23.7 Å². The molecule has 2 aromatic carbocycles. The summed E-state index contributed by atoms with van der Waals surface area (Å²) in [5.41, 5.74) is -1.39. The number of β-amino-alcohol motifs (C(OH)–C–C–N with tert-alkyl or cyclic N) is 1. The highest BCUT2D eigenvalue weighted by Crippen LogP contribution is 2.30. The van der Waals surface area contributed by atoms with Gasteiger partial charge in [-0.2, -0.15) is 0 Å². The highest BCUT2D eigenvalue weighted by molar-refractivity contribution is 6.34. The molecule has 3 N–H and O–H groups in total. The molecule has 154 valence electrons. The minimum absolute atomic E-state index is 0.0732. The number of carbonyl (C=O) groups is 2. The Kier molecular flexibility index (Phi) is 6.14. The first-order chi connectivity index (χ1) is 13.8. The Hall–Kier alpha value is -2.98. The van der Waals surface area contributed by atoms with Gasteiger partial charge < -0.3 is 20.6 Å². The Morgan fingerprint density at radius 1 is 1.21 bits per heavy atom. The fourth-order valence-corrected chi connectivity index (χ4v) is 3.02. The Morgan fingerprint density at radius 2 is 1.97 bits per heavy atom. The van der Waals surface area contributed by atoms with Crippen molar-refractivity contribution in [1.82, 2.24) is 4.90 Å². The van der Waals surface area contributed by atoms with E-state index >= 15 is 0 Å². The first-order valence-electron chi connectivity index (χ1n) is 8.41. The van der Waals surface area contributed by atoms with Crippen molar-refractivity contribution >= 4 is 34.9 Å². The molecule has 3 rings (SSSR count). The maximum absolute atomic E-state index is 14.4. The van der Waals surface area contributed by atoms with E-state index < -0.39 is 46.7 Å². The molecule has 3 amide bonds. The average Bonchev–Trinajstić information content (AvgIpc) is 3.12. The van der Waals surface area contributed by atoms with E-state index in [1.54, 1.807) is 0 Å². The molecule has 29 heavy (non-hydrogen) atoms. The van der Waals surface area contributed by atoms with Crippen LogP contribution in [-0.2, 0) is 0 Å². The molecule has 0 aliphatic carbocycles. The van der Waals surface area contributed by atoms with Gasteiger partial charge >= 0.3 is 6.03 Å². The zero-order chi connectivity index (χ0) is 21.1. The van der Waals surface area contributed by atoms with Gasteiger partial charge in [-0.3, -0.25) is 9.74 Å². The highest BCUT2D eigenvalue weighted by atomic mass is 35.5. The summed E-state index contributed by atoms with van der Waals surface area (Å²) in [6.45, 7) is 0.342. The molecule has 1 aliphatic heterocycles. The molecule has 1 atom stereocenters. The lowest BCUT2D eigenvalue weighted by Gasteiger charge is -2.17. The minimum atomic E-state index is -1.08. The molecule has 7 nitrogen and oxygen atoms in total. The number of nitrogens with one attached hydrogen (secondary N) is 2. The zero-order valence-corrected chi connectivity index (χ0v) is 15.5. The van der Waals surface area contributed by atoms with Crippen molar-refractivity contribution in [3.8, 4) is 5.75 Å². The summed E-state index contributed by atoms with van der Waals surface area (Å²) < 4.78 is 41.2. The molecular formula is C18H15ClF3N3O4. The smallest absolute Gasteiger partial charge is 0.322 e. The lowest BCUT2D eigenvalue weighted by atomic mass is 10.1. The van der Waals surface area contributed by atoms with E-state index in [0.717, 1.165) is 12.1 Å². The SMILES string of the molecule is O=C(Nc1c(F)cccc1Cl)c1cc(F)c(NC(=O)N2CCC(O)C2)cc1OF. The number of aliphatic hydroxyl groups is 1. The van der Waals surface area contributed by atoms with E-state index in [2.05, 4.69) is 15.6 Å². The minimum Gasteiger partial charge on any atom is -0.391 e. The zero-order valence-electron chi connectivity index (χ0n) is 14.7. The van der Waals surface area contributed by atoms with E-state index in [-0.39, 0.29) is 23.8 Å². The fourth-order valence-electron chi connectivity index (χ4n) is 2.81. The van der Waals surface area contributed by atoms with Crippen molar-refractivity contribution in [2.45, 2.75) is 12.5 Å². The van der Waals surface area contributed by atoms with Gasteiger partial charge in [-0.15, -0.1) is 0 Å². The average molecular weight is 430 g/mol. The summed E-state index contributed by atoms with van der Waals surface area (Å²) in [7, 11) is 0. The Balaban J connectivity index is 1.82. The molecule has 1 saturated heterocycles. The predicted octanol–water partition coefficient (Wildman–Crippen LogP) is 3.73. The van der Waals surface area contributed by atoms with Crippen molar-refractivity contribution in [3.05, 3.63) is 52.6 Å². The van der Waals surface area contributed by atoms with Gasteiger partial charge in [-0.1, -0.05) is 17.7 Å². The lowest BCUT2D eigenvalue weighted by Crippen LogP contribution is -2.33. The topological polar surface area (TPSA) is 90.9 Å². The van der Waals surface area contributed by atoms with Crippen molar-refractivity contribution in [3.63, 3.8) is 0 Å². The summed E-state index contributed by atoms with van der Waals surface area (Å²) in [5, 5.41) is 13.7. The second kappa shape index (κ2) is 8.58. The number of likely N-dealkylation sites (tertiary alicyclic amines) is 1. The Labute approximate surface area is 167 Å². The van der Waals surface area contributed by atoms with Crippen LogP contribution in [-0.4, -0.2) is 41.1 Å². The number of nitrogens with zero attached hydrogens (tertiary/aromatic N) is 1. The molecule has 11 heteroatoms. The third-order valence-corrected chi connectivity index (χ3v) is 4.61. The number of aliphatic hydroxyl groups excluding tert-OH is 1. The van der Waals surface area contributed by atoms with Gasteiger partial charge in [-0.05, 0) is 24.6 Å². The van der Waals surface area contributed by atoms with Crippen molar-refractivity contribution in [1.29, 1.82) is 0 Å². The van der Waals surface area contributed by atoms with Crippen LogP contribution in [0.15, 0.2) is 30.3 Å². The molecule has 1 fully saturated rings. The quantitative estimate of drug-likeness (QED) is 0.690. The van der Waals surface area contributed by atoms with Crippen LogP contribution in [0.2, 0.25) is 5.02 Å². The van der Waals surface area contributed by atoms with Crippen molar-refractivity contribution < 1.29 is 32.9 Å². The molecule has 1 heterocycles. The number of rotatable bonds is 4. The van der Waals surface area contributed by atoms with Crippen LogP contribution in [0.4, 0.5) is 29.5 Å². The third-order valence-electron chi connectivity index (χ3n) is 4.29. The highest BCUT2D eigenvalue weighted by Gasteiger charge is 2.26. The van der Waals surface area contributed by atoms with Gasteiger partial charge in [0.2, 0.25) is 0 Å². The molecule has 0 saturated carbocycles. The summed E-state index contributed by atoms with van der Waals surface area (Å²) in [5.74, 6) is -3.67. The van der Waals surface area contributed by atoms with Crippen LogP contribution in [0, 0.1) is 11.6 Å². The molecular weight excluding hydrogens is 415 g/mol. The largest absolute Gasteiger partial charge is 0.391 e. The summed E-state index contributed by atoms with van der Waals surface area (Å²) in [6, 6.07) is 4.38. The standard InChI is InChI=1S/C18H15ClF3N3O4/c19-11-2-1-3-12(20)16(11)24-17(27)10-6-13(21)14(7-15(10)29-22)23-18(28)25-5-4-9(26)8-25/h1-3,6-7,9,26H,4-5,8H2,(H,23,28)(H,24,27). The maximum Gasteiger partial charge on any atom is 0.322 e. The van der Waals surface area contributed by atoms with Gasteiger partial charge in [0.25, 0.3) is 5.91 Å². The first kappa shape index (κ1) is 20.7. The van der Waals surface area contributed by atoms with E-state index in [4.69, 9.17) is 11.6 Å². The number of carbonyl (C=O) groups excluding carboxylic acids is 2. The molecule has 1 aliphatic rings. The molecule has 1 unspecified atom stereocenters. The number of benzene rings is 2. The van der Waals surface area contributed by atoms with Crippen LogP contribution < -0.4 is 15.6 Å². The van der Waals surface area contributed by atoms with Gasteiger partial charge in [0.15, 0.2) is 5.75 Å². The van der Waals surface area contributed by atoms with E-state index in [1.165, 1.54) is 17.0 Å². The molecule has 0 radical (unpaired) electrons. The Morgan fingerprint density at radius 3 is 2.59 bits per heavy atom. The summed E-state index contributed by atoms with van der Waals surface area (Å²) in [6.07, 6.45) is -0.293. The second-order valence-electron chi connectivity index (χ2n) is 6.27. The van der Waals surface area contributed by atoms with Gasteiger partial charge in [-0.25, -0.2) is 13.6 Å². The number of hydrogen-bond donors (Lipinski definition) is 3. The lowest BCUT2D eigenvalue weighted by molar-refractivity contribution is -0.00702. The number of halogens is 4. The van der Waals surface area contributed by atoms with E-state index in [9.17, 15) is 28.0 Å². The number of amides is 3. The van der Waals surface area contributed by atoms with Crippen LogP contribution >= 0.6 is 11.6 Å². The maximum atomic E-state index is 14.4. The molecule has 2 aromatic rings. The Bertz CT molecular complexity index is 940. The fraction of sp³-hybridized carbons (Fsp3) is 0.222. The van der Waals surface area contributed by atoms with E-state index in [0.29, 0.717) is 12.5 Å². The summed E-state index contributed by atoms with van der Waals surface area (Å²) >= 11 is 5.82. The van der Waals surface area contributed by atoms with Crippen LogP contribution in [0.25, 0.3) is 0 Å². The van der Waals surface area contributed by atoms with Crippen LogP contribution in [0.3, 0.4) is 0 Å². The number of anilines is 2. The van der Waals surface area contributed by atoms with Gasteiger partial charge in [0.1, 0.15) is 11.6 Å². The van der Waals surface area contributed by atoms with Crippen molar-refractivity contribution in [2.24, 2.45) is 0 Å². The predicted molar refractivity (Wildman–Crippen MR) is 98.7 cm³/mol. The van der Waals surface area contributed by atoms with Crippen molar-refractivity contribution in [2.75, 3.05) is 23.7 Å².